The molecule has 0 aliphatic heterocycles. The Hall–Kier alpha value is -5.50. The molecular formula is C50H60N2O6. The summed E-state index contributed by atoms with van der Waals surface area (Å²) in [5.41, 5.74) is 1.63. The predicted octanol–water partition coefficient (Wildman–Crippen LogP) is 12.8. The van der Waals surface area contributed by atoms with Gasteiger partial charge in [-0.15, -0.1) is 0 Å². The number of aromatic nitrogens is 2. The maximum absolute atomic E-state index is 6.28. The minimum atomic E-state index is 0.570. The lowest BCUT2D eigenvalue weighted by atomic mass is 10.0. The molecule has 0 aliphatic rings. The highest BCUT2D eigenvalue weighted by atomic mass is 16.5. The van der Waals surface area contributed by atoms with Gasteiger partial charge in [0.05, 0.1) is 63.4 Å². The molecule has 2 heterocycles. The van der Waals surface area contributed by atoms with E-state index in [2.05, 4.69) is 38.1 Å². The Bertz CT molecular complexity index is 1940. The van der Waals surface area contributed by atoms with Gasteiger partial charge in [0, 0.05) is 21.5 Å². The molecule has 6 aromatic rings. The van der Waals surface area contributed by atoms with Gasteiger partial charge in [0.25, 0.3) is 0 Å². The van der Waals surface area contributed by atoms with Crippen LogP contribution in [0.5, 0.6) is 34.5 Å². The zero-order chi connectivity index (χ0) is 40.0. The normalized spacial score (nSPS) is 11.1. The van der Waals surface area contributed by atoms with E-state index in [0.717, 1.165) is 119 Å². The lowest BCUT2D eigenvalue weighted by molar-refractivity contribution is 0.267. The van der Waals surface area contributed by atoms with Gasteiger partial charge in [-0.25, -0.2) is 0 Å². The van der Waals surface area contributed by atoms with Crippen molar-refractivity contribution in [2.75, 3.05) is 39.6 Å². The third kappa shape index (κ3) is 12.8. The van der Waals surface area contributed by atoms with Gasteiger partial charge in [0.15, 0.2) is 0 Å². The van der Waals surface area contributed by atoms with Crippen molar-refractivity contribution in [2.24, 2.45) is 0 Å². The molecule has 8 nitrogen and oxygen atoms in total. The van der Waals surface area contributed by atoms with Crippen molar-refractivity contribution < 1.29 is 28.4 Å². The summed E-state index contributed by atoms with van der Waals surface area (Å²) < 4.78 is 36.2. The molecule has 0 saturated heterocycles. The Morgan fingerprint density at radius 3 is 0.948 bits per heavy atom. The van der Waals surface area contributed by atoms with E-state index in [1.165, 1.54) is 38.5 Å². The van der Waals surface area contributed by atoms with Crippen molar-refractivity contribution >= 4 is 21.5 Å². The Balaban J connectivity index is 0.960. The van der Waals surface area contributed by atoms with E-state index < -0.39 is 0 Å². The van der Waals surface area contributed by atoms with Gasteiger partial charge < -0.3 is 28.4 Å². The molecule has 0 bridgehead atoms. The fraction of sp³-hybridized carbons (Fsp3) is 0.400. The lowest BCUT2D eigenvalue weighted by Crippen LogP contribution is -2.04. The van der Waals surface area contributed by atoms with Gasteiger partial charge in [0.1, 0.15) is 34.5 Å². The van der Waals surface area contributed by atoms with Crippen LogP contribution in [0.25, 0.3) is 32.9 Å². The molecule has 306 valence electrons. The summed E-state index contributed by atoms with van der Waals surface area (Å²) in [6.07, 6.45) is 16.7. The van der Waals surface area contributed by atoms with Gasteiger partial charge >= 0.3 is 0 Å². The number of pyridine rings is 2. The smallest absolute Gasteiger partial charge is 0.145 e. The molecule has 58 heavy (non-hydrogen) atoms. The van der Waals surface area contributed by atoms with Crippen molar-refractivity contribution in [1.82, 2.24) is 9.97 Å². The zero-order valence-electron chi connectivity index (χ0n) is 34.5. The molecule has 0 fully saturated rings. The zero-order valence-corrected chi connectivity index (χ0v) is 34.5. The van der Waals surface area contributed by atoms with Crippen molar-refractivity contribution in [3.63, 3.8) is 0 Å². The van der Waals surface area contributed by atoms with Crippen molar-refractivity contribution in [1.29, 1.82) is 0 Å². The average Bonchev–Trinajstić information content (AvgIpc) is 3.27. The van der Waals surface area contributed by atoms with E-state index >= 15 is 0 Å². The number of fused-ring (bicyclic) bond motifs is 2. The summed E-state index contributed by atoms with van der Waals surface area (Å²) in [6, 6.07) is 32.3. The minimum absolute atomic E-state index is 0.570. The van der Waals surface area contributed by atoms with E-state index in [1.54, 1.807) is 0 Å². The largest absolute Gasteiger partial charge is 0.494 e. The van der Waals surface area contributed by atoms with Gasteiger partial charge in [-0.05, 0) is 87.1 Å². The molecule has 6 rings (SSSR count). The molecule has 8 heteroatoms. The maximum Gasteiger partial charge on any atom is 0.145 e. The number of hydrogen-bond donors (Lipinski definition) is 0. The van der Waals surface area contributed by atoms with Crippen molar-refractivity contribution in [2.45, 2.75) is 90.9 Å². The Morgan fingerprint density at radius 1 is 0.328 bits per heavy atom. The highest BCUT2D eigenvalue weighted by Crippen LogP contribution is 2.37. The molecule has 0 spiro atoms. The first-order chi connectivity index (χ1) is 28.7. The van der Waals surface area contributed by atoms with Crippen LogP contribution in [0.3, 0.4) is 0 Å². The van der Waals surface area contributed by atoms with E-state index in [-0.39, 0.29) is 0 Å². The molecule has 4 aromatic carbocycles. The van der Waals surface area contributed by atoms with E-state index in [4.69, 9.17) is 38.4 Å². The standard InChI is InChI=1S/C50H60N2O6/c1-3-5-7-13-31-53-39-23-27-41(28-24-39)55-33-15-17-35-57-47-37-51-49(45-21-11-9-19-43(45)47)50-46-22-12-10-20-44(46)48(38-52-50)58-36-18-16-34-56-42-29-25-40(26-30-42)54-32-14-8-6-4-2/h9-12,19-30,37-38H,3-8,13-18,31-36H2,1-2H3. The molecule has 0 amide bonds. The number of rotatable bonds is 27. The second kappa shape index (κ2) is 23.7. The number of hydrogen-bond acceptors (Lipinski definition) is 8. The Morgan fingerprint density at radius 2 is 0.621 bits per heavy atom. The van der Waals surface area contributed by atoms with E-state index in [0.29, 0.717) is 26.4 Å². The second-order valence-corrected chi connectivity index (χ2v) is 14.6. The summed E-state index contributed by atoms with van der Waals surface area (Å²) in [5, 5.41) is 4.00. The molecule has 0 aliphatic carbocycles. The second-order valence-electron chi connectivity index (χ2n) is 14.6. The van der Waals surface area contributed by atoms with Crippen LogP contribution in [0.4, 0.5) is 0 Å². The summed E-state index contributed by atoms with van der Waals surface area (Å²) in [7, 11) is 0. The first-order valence-corrected chi connectivity index (χ1v) is 21.5. The molecule has 0 unspecified atom stereocenters. The van der Waals surface area contributed by atoms with E-state index in [9.17, 15) is 0 Å². The molecule has 0 radical (unpaired) electrons. The van der Waals surface area contributed by atoms with Crippen LogP contribution in [0.15, 0.2) is 109 Å². The van der Waals surface area contributed by atoms with Gasteiger partial charge in [-0.2, -0.15) is 0 Å². The number of unbranched alkanes of at least 4 members (excludes halogenated alkanes) is 8. The van der Waals surface area contributed by atoms with Crippen LogP contribution in [0.2, 0.25) is 0 Å². The topological polar surface area (TPSA) is 81.2 Å². The first-order valence-electron chi connectivity index (χ1n) is 21.5. The fourth-order valence-corrected chi connectivity index (χ4v) is 6.80. The molecular weight excluding hydrogens is 725 g/mol. The molecule has 0 atom stereocenters. The number of ether oxygens (including phenoxy) is 6. The third-order valence-corrected chi connectivity index (χ3v) is 10.1. The highest BCUT2D eigenvalue weighted by Gasteiger charge is 2.16. The maximum atomic E-state index is 6.28. The Labute approximate surface area is 344 Å². The number of nitrogens with zero attached hydrogens (tertiary/aromatic N) is 2. The van der Waals surface area contributed by atoms with Gasteiger partial charge in [0.2, 0.25) is 0 Å². The summed E-state index contributed by atoms with van der Waals surface area (Å²) in [6.45, 7) is 8.34. The summed E-state index contributed by atoms with van der Waals surface area (Å²) in [5.74, 6) is 5.00. The van der Waals surface area contributed by atoms with Crippen LogP contribution in [0, 0.1) is 0 Å². The minimum Gasteiger partial charge on any atom is -0.494 e. The van der Waals surface area contributed by atoms with Crippen LogP contribution in [-0.4, -0.2) is 49.6 Å². The fourth-order valence-electron chi connectivity index (χ4n) is 6.80. The highest BCUT2D eigenvalue weighted by molar-refractivity contribution is 6.05. The van der Waals surface area contributed by atoms with Crippen LogP contribution in [-0.2, 0) is 0 Å². The lowest BCUT2D eigenvalue weighted by Gasteiger charge is -2.15. The monoisotopic (exact) mass is 784 g/mol. The molecule has 0 N–H and O–H groups in total. The van der Waals surface area contributed by atoms with Crippen molar-refractivity contribution in [3.05, 3.63) is 109 Å². The van der Waals surface area contributed by atoms with Crippen LogP contribution < -0.4 is 28.4 Å². The van der Waals surface area contributed by atoms with E-state index in [1.807, 2.05) is 85.2 Å². The first kappa shape index (κ1) is 42.1. The third-order valence-electron chi connectivity index (χ3n) is 10.1. The SMILES string of the molecule is CCCCCCOc1ccc(OCCCCOc2cnc(-c3ncc(OCCCCOc4ccc(OCCCCCC)cc4)c4ccccc34)c3ccccc23)cc1. The van der Waals surface area contributed by atoms with Gasteiger partial charge in [-0.1, -0.05) is 101 Å². The van der Waals surface area contributed by atoms with Crippen molar-refractivity contribution in [3.8, 4) is 45.9 Å². The van der Waals surface area contributed by atoms with Crippen LogP contribution >= 0.6 is 0 Å². The van der Waals surface area contributed by atoms with Crippen LogP contribution in [0.1, 0.15) is 90.9 Å². The molecule has 0 saturated carbocycles. The summed E-state index contributed by atoms with van der Waals surface area (Å²) >= 11 is 0. The number of benzene rings is 4. The predicted molar refractivity (Wildman–Crippen MR) is 235 cm³/mol. The molecule has 2 aromatic heterocycles. The quantitative estimate of drug-likeness (QED) is 0.0478. The van der Waals surface area contributed by atoms with Gasteiger partial charge in [-0.3, -0.25) is 9.97 Å². The summed E-state index contributed by atoms with van der Waals surface area (Å²) in [4.78, 5) is 9.83. The average molecular weight is 785 g/mol. The Kier molecular flexibility index (Phi) is 17.2.